The third-order valence-electron chi connectivity index (χ3n) is 5.90. The maximum absolute atomic E-state index is 13.4. The lowest BCUT2D eigenvalue weighted by Gasteiger charge is -2.48. The van der Waals surface area contributed by atoms with Crippen molar-refractivity contribution in [3.05, 3.63) is 95.6 Å². The molecule has 9 nitrogen and oxygen atoms in total. The number of nitrogens with two attached hydrogens (primary N) is 2. The average molecular weight is 496 g/mol. The molecular weight excluding hydrogens is 470 g/mol. The smallest absolute Gasteiger partial charge is 0.320 e. The first-order valence-electron chi connectivity index (χ1n) is 10.8. The fourth-order valence-electron chi connectivity index (χ4n) is 4.00. The molecule has 1 heterocycles. The average Bonchev–Trinajstić information content (AvgIpc) is 2.82. The molecule has 3 aromatic rings. The summed E-state index contributed by atoms with van der Waals surface area (Å²) in [6.45, 7) is 0.0814. The van der Waals surface area contributed by atoms with E-state index in [-0.39, 0.29) is 30.0 Å². The Morgan fingerprint density at radius 3 is 2.34 bits per heavy atom. The number of amides is 1. The third kappa shape index (κ3) is 5.04. The van der Waals surface area contributed by atoms with Crippen LogP contribution in [0.2, 0.25) is 0 Å². The zero-order valence-corrected chi connectivity index (χ0v) is 19.5. The van der Waals surface area contributed by atoms with Crippen LogP contribution in [0.3, 0.4) is 0 Å². The van der Waals surface area contributed by atoms with Gasteiger partial charge in [0.05, 0.1) is 18.0 Å². The Morgan fingerprint density at radius 2 is 1.69 bits per heavy atom. The van der Waals surface area contributed by atoms with Gasteiger partial charge in [0, 0.05) is 5.56 Å². The van der Waals surface area contributed by atoms with Gasteiger partial charge in [-0.15, -0.1) is 0 Å². The van der Waals surface area contributed by atoms with Crippen LogP contribution in [0.25, 0.3) is 0 Å². The maximum Gasteiger partial charge on any atom is 0.320 e. The highest BCUT2D eigenvalue weighted by Gasteiger charge is 2.52. The van der Waals surface area contributed by atoms with Gasteiger partial charge in [0.2, 0.25) is 15.9 Å². The number of nitrogens with zero attached hydrogens (tertiary/aromatic N) is 1. The molecule has 1 fully saturated rings. The molecule has 1 saturated heterocycles. The molecule has 0 spiro atoms. The highest BCUT2D eigenvalue weighted by molar-refractivity contribution is 7.89. The number of rotatable bonds is 9. The Morgan fingerprint density at radius 1 is 1.00 bits per heavy atom. The molecule has 1 amide bonds. The van der Waals surface area contributed by atoms with E-state index in [1.54, 1.807) is 30.3 Å². The van der Waals surface area contributed by atoms with Crippen molar-refractivity contribution in [1.82, 2.24) is 4.31 Å². The number of hydrogen-bond acceptors (Lipinski definition) is 6. The number of carbonyl (C=O) groups excluding carboxylic acids is 1. The van der Waals surface area contributed by atoms with Crippen molar-refractivity contribution in [2.45, 2.75) is 23.0 Å². The minimum atomic E-state index is -3.88. The summed E-state index contributed by atoms with van der Waals surface area (Å²) in [7, 11) is -3.88. The Hall–Kier alpha value is -3.73. The van der Waals surface area contributed by atoms with Gasteiger partial charge in [-0.1, -0.05) is 48.5 Å². The fourth-order valence-corrected chi connectivity index (χ4v) is 5.61. The van der Waals surface area contributed by atoms with E-state index in [9.17, 15) is 18.0 Å². The molecule has 5 N–H and O–H groups in total. The second-order valence-corrected chi connectivity index (χ2v) is 10.4. The fraction of sp³-hybridized carbons (Fsp3) is 0.200. The summed E-state index contributed by atoms with van der Waals surface area (Å²) in [5.74, 6) is -1.36. The molecule has 1 atom stereocenters. The number of aliphatic carboxylic acids is 1. The van der Waals surface area contributed by atoms with E-state index in [0.29, 0.717) is 11.3 Å². The number of ether oxygens (including phenoxy) is 1. The second kappa shape index (κ2) is 9.49. The van der Waals surface area contributed by atoms with E-state index in [2.05, 4.69) is 0 Å². The molecule has 1 aliphatic rings. The van der Waals surface area contributed by atoms with Gasteiger partial charge in [-0.25, -0.2) is 8.42 Å². The largest absolute Gasteiger partial charge is 0.480 e. The van der Waals surface area contributed by atoms with Gasteiger partial charge in [0.1, 0.15) is 11.8 Å². The molecule has 10 heteroatoms. The molecular formula is C25H25N3O6S. The molecule has 4 rings (SSSR count). The van der Waals surface area contributed by atoms with Crippen LogP contribution in [-0.4, -0.2) is 48.8 Å². The predicted octanol–water partition coefficient (Wildman–Crippen LogP) is 1.72. The van der Waals surface area contributed by atoms with Crippen molar-refractivity contribution in [1.29, 1.82) is 0 Å². The number of carbonyl (C=O) groups is 2. The van der Waals surface area contributed by atoms with E-state index in [1.807, 2.05) is 30.3 Å². The lowest BCUT2D eigenvalue weighted by Crippen LogP contribution is -2.64. The molecule has 0 aliphatic carbocycles. The first kappa shape index (κ1) is 24.4. The summed E-state index contributed by atoms with van der Waals surface area (Å²) in [6, 6.07) is 20.7. The van der Waals surface area contributed by atoms with Crippen LogP contribution in [-0.2, 0) is 26.8 Å². The van der Waals surface area contributed by atoms with Gasteiger partial charge < -0.3 is 21.3 Å². The number of carboxylic acids is 1. The van der Waals surface area contributed by atoms with Crippen LogP contribution in [0.15, 0.2) is 83.8 Å². The SMILES string of the molecule is NC(=O)c1cccc(OC2(c3ccccc3)CN(S(=O)(=O)c3cccc(C[C@H](N)C(=O)O)c3)C2)c1. The summed E-state index contributed by atoms with van der Waals surface area (Å²) in [5, 5.41) is 9.05. The van der Waals surface area contributed by atoms with Crippen LogP contribution in [0.5, 0.6) is 5.75 Å². The van der Waals surface area contributed by atoms with Crippen molar-refractivity contribution in [2.24, 2.45) is 11.5 Å². The Bertz CT molecular complexity index is 1350. The second-order valence-electron chi connectivity index (χ2n) is 8.42. The summed E-state index contributed by atoms with van der Waals surface area (Å²) < 4.78 is 34.3. The van der Waals surface area contributed by atoms with Gasteiger partial charge >= 0.3 is 5.97 Å². The van der Waals surface area contributed by atoms with Crippen LogP contribution in [0.4, 0.5) is 0 Å². The van der Waals surface area contributed by atoms with Gasteiger partial charge in [0.25, 0.3) is 0 Å². The highest BCUT2D eigenvalue weighted by Crippen LogP contribution is 2.40. The quantitative estimate of drug-likeness (QED) is 0.408. The summed E-state index contributed by atoms with van der Waals surface area (Å²) >= 11 is 0. The van der Waals surface area contributed by atoms with Gasteiger partial charge in [0.15, 0.2) is 5.60 Å². The lowest BCUT2D eigenvalue weighted by molar-refractivity contribution is -0.138. The predicted molar refractivity (Wildman–Crippen MR) is 128 cm³/mol. The number of sulfonamides is 1. The molecule has 0 unspecified atom stereocenters. The molecule has 3 aromatic carbocycles. The molecule has 0 radical (unpaired) electrons. The van der Waals surface area contributed by atoms with Crippen LogP contribution >= 0.6 is 0 Å². The van der Waals surface area contributed by atoms with E-state index in [1.165, 1.54) is 22.5 Å². The Labute approximate surface area is 203 Å². The zero-order valence-electron chi connectivity index (χ0n) is 18.7. The van der Waals surface area contributed by atoms with E-state index >= 15 is 0 Å². The van der Waals surface area contributed by atoms with Crippen molar-refractivity contribution < 1.29 is 27.9 Å². The third-order valence-corrected chi connectivity index (χ3v) is 7.69. The Balaban J connectivity index is 1.60. The summed E-state index contributed by atoms with van der Waals surface area (Å²) in [5.41, 5.74) is 11.6. The van der Waals surface area contributed by atoms with Crippen molar-refractivity contribution in [3.63, 3.8) is 0 Å². The number of primary amides is 1. The van der Waals surface area contributed by atoms with E-state index in [4.69, 9.17) is 21.3 Å². The monoisotopic (exact) mass is 495 g/mol. The molecule has 0 saturated carbocycles. The molecule has 182 valence electrons. The van der Waals surface area contributed by atoms with Crippen LogP contribution in [0, 0.1) is 0 Å². The minimum Gasteiger partial charge on any atom is -0.480 e. The highest BCUT2D eigenvalue weighted by atomic mass is 32.2. The Kier molecular flexibility index (Phi) is 6.62. The van der Waals surface area contributed by atoms with Crippen LogP contribution in [0.1, 0.15) is 21.5 Å². The van der Waals surface area contributed by atoms with E-state index in [0.717, 1.165) is 5.56 Å². The minimum absolute atomic E-state index is 0.00591. The maximum atomic E-state index is 13.4. The first-order chi connectivity index (χ1) is 16.6. The lowest BCUT2D eigenvalue weighted by atomic mass is 9.87. The number of hydrogen-bond donors (Lipinski definition) is 3. The van der Waals surface area contributed by atoms with Gasteiger partial charge in [-0.2, -0.15) is 4.31 Å². The van der Waals surface area contributed by atoms with Crippen molar-refractivity contribution >= 4 is 21.9 Å². The van der Waals surface area contributed by atoms with Crippen LogP contribution < -0.4 is 16.2 Å². The number of carboxylic acid groups (broad SMARTS) is 1. The first-order valence-corrected chi connectivity index (χ1v) is 12.3. The standard InChI is InChI=1S/C25H25N3O6S/c26-22(24(30)31)13-17-6-4-11-21(12-17)35(32,33)28-15-25(16-28,19-8-2-1-3-9-19)34-20-10-5-7-18(14-20)23(27)29/h1-12,14,22H,13,15-16,26H2,(H2,27,29)(H,30,31)/t22-/m0/s1. The molecule has 0 bridgehead atoms. The molecule has 0 aromatic heterocycles. The number of benzene rings is 3. The van der Waals surface area contributed by atoms with Gasteiger partial charge in [-0.3, -0.25) is 9.59 Å². The summed E-state index contributed by atoms with van der Waals surface area (Å²) in [6.07, 6.45) is 0.00591. The van der Waals surface area contributed by atoms with Gasteiger partial charge in [-0.05, 0) is 47.9 Å². The van der Waals surface area contributed by atoms with Crippen molar-refractivity contribution in [3.8, 4) is 5.75 Å². The topological polar surface area (TPSA) is 153 Å². The normalized spacial score (nSPS) is 16.1. The zero-order chi connectivity index (χ0) is 25.2. The van der Waals surface area contributed by atoms with E-state index < -0.39 is 33.5 Å². The summed E-state index contributed by atoms with van der Waals surface area (Å²) in [4.78, 5) is 22.7. The molecule has 1 aliphatic heterocycles. The van der Waals surface area contributed by atoms with Crippen molar-refractivity contribution in [2.75, 3.05) is 13.1 Å². The molecule has 35 heavy (non-hydrogen) atoms.